The number of rotatable bonds is 35. The van der Waals surface area contributed by atoms with Crippen molar-refractivity contribution in [2.75, 3.05) is 40.5 Å². The summed E-state index contributed by atoms with van der Waals surface area (Å²) < 4.78 is 33.3. The molecule has 0 aromatic rings. The fraction of sp³-hybridized carbons (Fsp3) is 0.944. The summed E-state index contributed by atoms with van der Waals surface area (Å²) in [6.07, 6.45) is 27.1. The van der Waals surface area contributed by atoms with E-state index in [0.29, 0.717) is 19.4 Å². The van der Waals surface area contributed by atoms with Gasteiger partial charge in [-0.05, 0) is 26.9 Å². The monoisotopic (exact) mass is 677 g/mol. The first-order valence-corrected chi connectivity index (χ1v) is 20.3. The molecular weight excluding hydrogens is 605 g/mol. The van der Waals surface area contributed by atoms with Crippen molar-refractivity contribution in [3.05, 3.63) is 0 Å². The minimum absolute atomic E-state index is 0.0120. The molecule has 2 atom stereocenters. The highest BCUT2D eigenvalue weighted by molar-refractivity contribution is 7.47. The summed E-state index contributed by atoms with van der Waals surface area (Å²) in [5, 5.41) is 0. The molecule has 0 aliphatic heterocycles. The highest BCUT2D eigenvalue weighted by atomic mass is 31.2. The van der Waals surface area contributed by atoms with Gasteiger partial charge in [0.25, 0.3) is 0 Å². The van der Waals surface area contributed by atoms with E-state index in [1.165, 1.54) is 109 Å². The van der Waals surface area contributed by atoms with E-state index in [1.54, 1.807) is 0 Å². The van der Waals surface area contributed by atoms with E-state index < -0.39 is 26.5 Å². The molecule has 0 bridgehead atoms. The fourth-order valence-electron chi connectivity index (χ4n) is 5.22. The Morgan fingerprint density at radius 2 is 0.978 bits per heavy atom. The summed E-state index contributed by atoms with van der Waals surface area (Å²) in [6, 6.07) is 0. The Bertz CT molecular complexity index is 752. The van der Waals surface area contributed by atoms with Crippen LogP contribution in [0.5, 0.6) is 0 Å². The van der Waals surface area contributed by atoms with Gasteiger partial charge in [0.1, 0.15) is 6.61 Å². The number of carbonyl (C=O) groups is 2. The zero-order valence-electron chi connectivity index (χ0n) is 30.3. The lowest BCUT2D eigenvalue weighted by Gasteiger charge is -2.20. The second-order valence-electron chi connectivity index (χ2n) is 13.1. The number of nitrogens with zero attached hydrogens (tertiary/aromatic N) is 1. The highest BCUT2D eigenvalue weighted by Crippen LogP contribution is 2.43. The third-order valence-electron chi connectivity index (χ3n) is 8.16. The van der Waals surface area contributed by atoms with E-state index >= 15 is 0 Å². The van der Waals surface area contributed by atoms with Crippen molar-refractivity contribution >= 4 is 19.8 Å². The molecule has 0 saturated heterocycles. The van der Waals surface area contributed by atoms with Crippen LogP contribution in [0.3, 0.4) is 0 Å². The number of carbonyl (C=O) groups excluding carboxylic acids is 2. The largest absolute Gasteiger partial charge is 0.472 e. The second-order valence-corrected chi connectivity index (χ2v) is 14.6. The lowest BCUT2D eigenvalue weighted by molar-refractivity contribution is -0.161. The Morgan fingerprint density at radius 3 is 1.39 bits per heavy atom. The molecule has 46 heavy (non-hydrogen) atoms. The maximum atomic E-state index is 12.5. The van der Waals surface area contributed by atoms with Crippen molar-refractivity contribution < 1.29 is 37.6 Å². The molecule has 0 rings (SSSR count). The minimum atomic E-state index is -4.34. The third kappa shape index (κ3) is 32.9. The van der Waals surface area contributed by atoms with Gasteiger partial charge >= 0.3 is 19.8 Å². The minimum Gasteiger partial charge on any atom is -0.462 e. The first-order valence-electron chi connectivity index (χ1n) is 18.8. The smallest absolute Gasteiger partial charge is 0.462 e. The van der Waals surface area contributed by atoms with Crippen molar-refractivity contribution in [3.8, 4) is 0 Å². The fourth-order valence-corrected chi connectivity index (χ4v) is 5.96. The first-order chi connectivity index (χ1) is 22.2. The first kappa shape index (κ1) is 45.0. The molecule has 0 saturated carbocycles. The predicted octanol–water partition coefficient (Wildman–Crippen LogP) is 9.93. The van der Waals surface area contributed by atoms with Gasteiger partial charge in [0.15, 0.2) is 6.10 Å². The molecule has 0 aliphatic carbocycles. The average Bonchev–Trinajstić information content (AvgIpc) is 3.01. The molecule has 0 spiro atoms. The third-order valence-corrected chi connectivity index (χ3v) is 9.15. The summed E-state index contributed by atoms with van der Waals surface area (Å²) in [4.78, 5) is 36.8. The summed E-state index contributed by atoms with van der Waals surface area (Å²) in [6.45, 7) is 4.31. The predicted molar refractivity (Wildman–Crippen MR) is 188 cm³/mol. The van der Waals surface area contributed by atoms with Gasteiger partial charge in [-0.15, -0.1) is 0 Å². The summed E-state index contributed by atoms with van der Waals surface area (Å²) >= 11 is 0. The number of hydrogen-bond acceptors (Lipinski definition) is 8. The van der Waals surface area contributed by atoms with E-state index in [4.69, 9.17) is 18.5 Å². The molecule has 0 radical (unpaired) electrons. The van der Waals surface area contributed by atoms with Crippen LogP contribution in [-0.4, -0.2) is 68.3 Å². The lowest BCUT2D eigenvalue weighted by Crippen LogP contribution is -2.29. The number of phosphoric acid groups is 1. The second kappa shape index (κ2) is 32.6. The van der Waals surface area contributed by atoms with E-state index in [1.807, 2.05) is 19.0 Å². The molecule has 9 nitrogen and oxygen atoms in total. The molecule has 1 N–H and O–H groups in total. The Balaban J connectivity index is 4.35. The quantitative estimate of drug-likeness (QED) is 0.0398. The van der Waals surface area contributed by atoms with Gasteiger partial charge in [-0.3, -0.25) is 18.6 Å². The van der Waals surface area contributed by atoms with E-state index in [-0.39, 0.29) is 25.6 Å². The Hall–Kier alpha value is -0.990. The van der Waals surface area contributed by atoms with Crippen molar-refractivity contribution in [2.45, 2.75) is 180 Å². The van der Waals surface area contributed by atoms with E-state index in [2.05, 4.69) is 13.8 Å². The summed E-state index contributed by atoms with van der Waals surface area (Å²) in [7, 11) is -0.697. The molecule has 0 aromatic carbocycles. The van der Waals surface area contributed by atoms with Crippen LogP contribution in [0.1, 0.15) is 174 Å². The number of likely N-dealkylation sites (N-methyl/N-ethyl adjacent to an activating group) is 1. The van der Waals surface area contributed by atoms with Gasteiger partial charge in [0.05, 0.1) is 13.2 Å². The average molecular weight is 678 g/mol. The topological polar surface area (TPSA) is 112 Å². The van der Waals surface area contributed by atoms with Crippen LogP contribution in [0.25, 0.3) is 0 Å². The standard InChI is InChI=1S/C36H72NO8P/c1-5-7-9-11-13-15-17-19-20-22-24-26-28-35(38)42-32-34(33-44-46(40,41)43-31-30-37(3)4)45-36(39)29-27-25-23-21-18-16-14-12-10-8-6-2/h34H,5-33H2,1-4H3,(H,40,41). The highest BCUT2D eigenvalue weighted by Gasteiger charge is 2.26. The molecule has 0 heterocycles. The molecule has 274 valence electrons. The Kier molecular flexibility index (Phi) is 31.9. The lowest BCUT2D eigenvalue weighted by atomic mass is 10.0. The van der Waals surface area contributed by atoms with Crippen molar-refractivity contribution in [2.24, 2.45) is 0 Å². The van der Waals surface area contributed by atoms with Crippen LogP contribution in [0.15, 0.2) is 0 Å². The van der Waals surface area contributed by atoms with Crippen LogP contribution in [0, 0.1) is 0 Å². The number of hydrogen-bond donors (Lipinski definition) is 1. The van der Waals surface area contributed by atoms with Crippen molar-refractivity contribution in [1.29, 1.82) is 0 Å². The molecule has 0 amide bonds. The molecule has 0 aliphatic rings. The SMILES string of the molecule is CCCCCCCCCCCCCCC(=O)OCC(COP(=O)(O)OCCN(C)C)OC(=O)CCCCCCCCCCCCC. The number of ether oxygens (including phenoxy) is 2. The molecule has 10 heteroatoms. The number of unbranched alkanes of at least 4 members (excludes halogenated alkanes) is 21. The van der Waals surface area contributed by atoms with Crippen LogP contribution in [0.4, 0.5) is 0 Å². The molecule has 2 unspecified atom stereocenters. The summed E-state index contributed by atoms with van der Waals surface area (Å²) in [5.74, 6) is -0.796. The van der Waals surface area contributed by atoms with Gasteiger partial charge in [-0.1, -0.05) is 149 Å². The van der Waals surface area contributed by atoms with Crippen molar-refractivity contribution in [1.82, 2.24) is 4.90 Å². The zero-order valence-corrected chi connectivity index (χ0v) is 31.2. The Morgan fingerprint density at radius 1 is 0.587 bits per heavy atom. The van der Waals surface area contributed by atoms with Gasteiger partial charge in [-0.2, -0.15) is 0 Å². The van der Waals surface area contributed by atoms with Gasteiger partial charge in [0.2, 0.25) is 0 Å². The van der Waals surface area contributed by atoms with Crippen LogP contribution < -0.4 is 0 Å². The molecule has 0 aromatic heterocycles. The number of phosphoric ester groups is 1. The van der Waals surface area contributed by atoms with Crippen LogP contribution >= 0.6 is 7.82 Å². The van der Waals surface area contributed by atoms with Gasteiger partial charge in [-0.25, -0.2) is 4.57 Å². The Labute approximate surface area is 282 Å². The molecule has 0 fully saturated rings. The van der Waals surface area contributed by atoms with E-state index in [0.717, 1.165) is 32.1 Å². The van der Waals surface area contributed by atoms with Crippen LogP contribution in [-0.2, 0) is 32.7 Å². The normalized spacial score (nSPS) is 13.5. The zero-order chi connectivity index (χ0) is 34.1. The van der Waals surface area contributed by atoms with Crippen LogP contribution in [0.2, 0.25) is 0 Å². The van der Waals surface area contributed by atoms with Crippen molar-refractivity contribution in [3.63, 3.8) is 0 Å². The van der Waals surface area contributed by atoms with Gasteiger partial charge in [0, 0.05) is 19.4 Å². The molecular formula is C36H72NO8P. The van der Waals surface area contributed by atoms with Gasteiger partial charge < -0.3 is 19.3 Å². The number of esters is 2. The summed E-state index contributed by atoms with van der Waals surface area (Å²) in [5.41, 5.74) is 0. The maximum Gasteiger partial charge on any atom is 0.472 e. The maximum absolute atomic E-state index is 12.5. The van der Waals surface area contributed by atoms with E-state index in [9.17, 15) is 19.0 Å².